The van der Waals surface area contributed by atoms with E-state index in [4.69, 9.17) is 0 Å². The Balaban J connectivity index is 2.32. The average molecular weight is 214 g/mol. The second kappa shape index (κ2) is 2.90. The molecule has 80 valence electrons. The van der Waals surface area contributed by atoms with Gasteiger partial charge < -0.3 is 10.2 Å². The standard InChI is InChI=1S/C13H10O3/c14-11-7-3-6-10-8-4-1-2-5-9(8)12(15)13(10,11)16/h1-7,11,14,16H/t11-,13+/m1/s1. The van der Waals surface area contributed by atoms with Crippen LogP contribution in [-0.4, -0.2) is 27.7 Å². The van der Waals surface area contributed by atoms with Crippen LogP contribution in [0.15, 0.2) is 42.5 Å². The van der Waals surface area contributed by atoms with Gasteiger partial charge in [-0.3, -0.25) is 4.79 Å². The van der Waals surface area contributed by atoms with Gasteiger partial charge in [0.05, 0.1) is 0 Å². The van der Waals surface area contributed by atoms with Crippen LogP contribution in [0.5, 0.6) is 0 Å². The highest BCUT2D eigenvalue weighted by Crippen LogP contribution is 2.43. The van der Waals surface area contributed by atoms with Gasteiger partial charge >= 0.3 is 0 Å². The molecule has 16 heavy (non-hydrogen) atoms. The van der Waals surface area contributed by atoms with E-state index in [9.17, 15) is 15.0 Å². The van der Waals surface area contributed by atoms with Crippen LogP contribution in [0.2, 0.25) is 0 Å². The lowest BCUT2D eigenvalue weighted by Crippen LogP contribution is -2.47. The van der Waals surface area contributed by atoms with Gasteiger partial charge in [-0.1, -0.05) is 42.5 Å². The first kappa shape index (κ1) is 9.51. The lowest BCUT2D eigenvalue weighted by molar-refractivity contribution is 0.00613. The van der Waals surface area contributed by atoms with E-state index in [0.717, 1.165) is 0 Å². The van der Waals surface area contributed by atoms with Crippen molar-refractivity contribution < 1.29 is 15.0 Å². The Labute approximate surface area is 92.3 Å². The molecule has 2 aliphatic rings. The molecule has 0 heterocycles. The molecule has 3 rings (SSSR count). The zero-order valence-electron chi connectivity index (χ0n) is 8.42. The minimum absolute atomic E-state index is 0.425. The van der Waals surface area contributed by atoms with E-state index in [2.05, 4.69) is 0 Å². The summed E-state index contributed by atoms with van der Waals surface area (Å²) in [7, 11) is 0. The van der Waals surface area contributed by atoms with Crippen LogP contribution in [0, 0.1) is 0 Å². The first-order chi connectivity index (χ1) is 7.65. The molecule has 2 aliphatic carbocycles. The van der Waals surface area contributed by atoms with Crippen LogP contribution in [0.25, 0.3) is 5.57 Å². The number of allylic oxidation sites excluding steroid dienone is 2. The van der Waals surface area contributed by atoms with E-state index < -0.39 is 17.5 Å². The number of hydrogen-bond acceptors (Lipinski definition) is 3. The molecule has 0 bridgehead atoms. The Bertz CT molecular complexity index is 542. The zero-order chi connectivity index (χ0) is 11.3. The molecule has 0 unspecified atom stereocenters. The summed E-state index contributed by atoms with van der Waals surface area (Å²) in [6, 6.07) is 7.01. The van der Waals surface area contributed by atoms with E-state index in [1.807, 2.05) is 6.07 Å². The minimum Gasteiger partial charge on any atom is -0.385 e. The molecular formula is C13H10O3. The zero-order valence-corrected chi connectivity index (χ0v) is 8.42. The van der Waals surface area contributed by atoms with Gasteiger partial charge in [0, 0.05) is 11.1 Å². The Morgan fingerprint density at radius 2 is 1.88 bits per heavy atom. The summed E-state index contributed by atoms with van der Waals surface area (Å²) in [5, 5.41) is 20.1. The minimum atomic E-state index is -1.79. The summed E-state index contributed by atoms with van der Waals surface area (Å²) in [5.74, 6) is -0.425. The van der Waals surface area contributed by atoms with E-state index in [-0.39, 0.29) is 0 Å². The number of hydrogen-bond donors (Lipinski definition) is 2. The van der Waals surface area contributed by atoms with Gasteiger partial charge in [0.1, 0.15) is 6.10 Å². The molecule has 3 nitrogen and oxygen atoms in total. The van der Waals surface area contributed by atoms with Gasteiger partial charge in [-0.15, -0.1) is 0 Å². The molecule has 0 aromatic heterocycles. The Morgan fingerprint density at radius 1 is 1.19 bits per heavy atom. The van der Waals surface area contributed by atoms with Gasteiger partial charge in [-0.2, -0.15) is 0 Å². The second-order valence-electron chi connectivity index (χ2n) is 4.05. The predicted octanol–water partition coefficient (Wildman–Crippen LogP) is 0.928. The molecule has 0 saturated carbocycles. The number of aliphatic hydroxyl groups excluding tert-OH is 1. The maximum atomic E-state index is 12.1. The first-order valence-electron chi connectivity index (χ1n) is 5.09. The maximum absolute atomic E-state index is 12.1. The summed E-state index contributed by atoms with van der Waals surface area (Å²) < 4.78 is 0. The number of ketones is 1. The van der Waals surface area contributed by atoms with Crippen molar-refractivity contribution in [1.29, 1.82) is 0 Å². The topological polar surface area (TPSA) is 57.5 Å². The van der Waals surface area contributed by atoms with Crippen molar-refractivity contribution in [3.8, 4) is 0 Å². The predicted molar refractivity (Wildman–Crippen MR) is 58.8 cm³/mol. The second-order valence-corrected chi connectivity index (χ2v) is 4.05. The lowest BCUT2D eigenvalue weighted by Gasteiger charge is -2.28. The normalized spacial score (nSPS) is 31.0. The van der Waals surface area contributed by atoms with E-state index in [1.165, 1.54) is 6.08 Å². The van der Waals surface area contributed by atoms with Gasteiger partial charge in [0.25, 0.3) is 0 Å². The third-order valence-corrected chi connectivity index (χ3v) is 3.20. The van der Waals surface area contributed by atoms with Crippen LogP contribution in [0.3, 0.4) is 0 Å². The highest BCUT2D eigenvalue weighted by Gasteiger charge is 2.52. The number of aliphatic hydroxyl groups is 2. The number of carbonyl (C=O) groups is 1. The molecule has 1 aromatic carbocycles. The monoisotopic (exact) mass is 214 g/mol. The Morgan fingerprint density at radius 3 is 2.62 bits per heavy atom. The van der Waals surface area contributed by atoms with Gasteiger partial charge in [-0.25, -0.2) is 0 Å². The summed E-state index contributed by atoms with van der Waals surface area (Å²) in [6.45, 7) is 0. The van der Waals surface area contributed by atoms with Crippen molar-refractivity contribution in [1.82, 2.24) is 0 Å². The van der Waals surface area contributed by atoms with Crippen LogP contribution in [-0.2, 0) is 0 Å². The number of carbonyl (C=O) groups excluding carboxylic acids is 1. The molecule has 0 spiro atoms. The van der Waals surface area contributed by atoms with Gasteiger partial charge in [-0.05, 0) is 5.56 Å². The Hall–Kier alpha value is -1.71. The fourth-order valence-corrected chi connectivity index (χ4v) is 2.36. The summed E-state index contributed by atoms with van der Waals surface area (Å²) in [6.07, 6.45) is 3.58. The molecule has 1 aromatic rings. The van der Waals surface area contributed by atoms with E-state index >= 15 is 0 Å². The highest BCUT2D eigenvalue weighted by atomic mass is 16.3. The molecule has 0 amide bonds. The number of Topliss-reactive ketones (excluding diaryl/α,β-unsaturated/α-hetero) is 1. The summed E-state index contributed by atoms with van der Waals surface area (Å²) in [5.41, 5.74) is -0.126. The summed E-state index contributed by atoms with van der Waals surface area (Å²) in [4.78, 5) is 12.1. The number of rotatable bonds is 0. The molecular weight excluding hydrogens is 204 g/mol. The van der Waals surface area contributed by atoms with Gasteiger partial charge in [0.15, 0.2) is 5.60 Å². The molecule has 3 heteroatoms. The average Bonchev–Trinajstić information content (AvgIpc) is 2.53. The molecule has 2 atom stereocenters. The molecule has 0 radical (unpaired) electrons. The highest BCUT2D eigenvalue weighted by molar-refractivity contribution is 6.20. The van der Waals surface area contributed by atoms with Crippen molar-refractivity contribution in [2.75, 3.05) is 0 Å². The maximum Gasteiger partial charge on any atom is 0.202 e. The third kappa shape index (κ3) is 0.919. The molecule has 0 aliphatic heterocycles. The Kier molecular flexibility index (Phi) is 1.73. The fourth-order valence-electron chi connectivity index (χ4n) is 2.36. The van der Waals surface area contributed by atoms with Crippen LogP contribution in [0.4, 0.5) is 0 Å². The van der Waals surface area contributed by atoms with E-state index in [1.54, 1.807) is 30.4 Å². The summed E-state index contributed by atoms with van der Waals surface area (Å²) >= 11 is 0. The first-order valence-corrected chi connectivity index (χ1v) is 5.09. The SMILES string of the molecule is O=C1c2ccccc2C2=CC=C[C@@H](O)[C@]12O. The number of fused-ring (bicyclic) bond motifs is 3. The smallest absolute Gasteiger partial charge is 0.202 e. The lowest BCUT2D eigenvalue weighted by atomic mass is 9.84. The fraction of sp³-hybridized carbons (Fsp3) is 0.154. The molecule has 0 saturated heterocycles. The van der Waals surface area contributed by atoms with Crippen LogP contribution in [0.1, 0.15) is 15.9 Å². The van der Waals surface area contributed by atoms with Crippen LogP contribution >= 0.6 is 0 Å². The quantitative estimate of drug-likeness (QED) is 0.675. The molecule has 0 fully saturated rings. The molecule has 2 N–H and O–H groups in total. The van der Waals surface area contributed by atoms with Crippen molar-refractivity contribution >= 4 is 11.4 Å². The van der Waals surface area contributed by atoms with Crippen molar-refractivity contribution in [3.63, 3.8) is 0 Å². The third-order valence-electron chi connectivity index (χ3n) is 3.20. The van der Waals surface area contributed by atoms with Crippen molar-refractivity contribution in [3.05, 3.63) is 53.6 Å². The largest absolute Gasteiger partial charge is 0.385 e. The number of benzene rings is 1. The van der Waals surface area contributed by atoms with Gasteiger partial charge in [0.2, 0.25) is 5.78 Å². The van der Waals surface area contributed by atoms with Crippen molar-refractivity contribution in [2.24, 2.45) is 0 Å². The van der Waals surface area contributed by atoms with Crippen molar-refractivity contribution in [2.45, 2.75) is 11.7 Å². The van der Waals surface area contributed by atoms with E-state index in [0.29, 0.717) is 16.7 Å². The van der Waals surface area contributed by atoms with Crippen LogP contribution < -0.4 is 0 Å².